The number of benzene rings is 9. The molecule has 0 aliphatic heterocycles. The van der Waals surface area contributed by atoms with Crippen molar-refractivity contribution in [2.45, 2.75) is 0 Å². The van der Waals surface area contributed by atoms with Crippen LogP contribution in [-0.4, -0.2) is 9.13 Å². The van der Waals surface area contributed by atoms with Crippen LogP contribution in [0.4, 0.5) is 0 Å². The Labute approximate surface area is 332 Å². The van der Waals surface area contributed by atoms with Crippen molar-refractivity contribution >= 4 is 87.5 Å². The van der Waals surface area contributed by atoms with E-state index in [-0.39, 0.29) is 0 Å². The minimum absolute atomic E-state index is 0.875. The molecule has 0 unspecified atom stereocenters. The molecule has 9 aromatic carbocycles. The van der Waals surface area contributed by atoms with Crippen molar-refractivity contribution in [2.24, 2.45) is 0 Å². The van der Waals surface area contributed by atoms with E-state index >= 15 is 0 Å². The molecule has 0 bridgehead atoms. The van der Waals surface area contributed by atoms with Crippen LogP contribution < -0.4 is 0 Å². The molecule has 0 spiro atoms. The number of aromatic nitrogens is 2. The summed E-state index contributed by atoms with van der Waals surface area (Å²) in [6.45, 7) is 0. The summed E-state index contributed by atoms with van der Waals surface area (Å²) in [4.78, 5) is 0. The lowest BCUT2D eigenvalue weighted by atomic mass is 9.97. The first kappa shape index (κ1) is 31.4. The summed E-state index contributed by atoms with van der Waals surface area (Å²) in [6, 6.07) is 69.5. The molecule has 0 saturated carbocycles. The largest absolute Gasteiger partial charge is 0.456 e. The molecule has 13 rings (SSSR count). The van der Waals surface area contributed by atoms with Crippen molar-refractivity contribution in [3.8, 4) is 33.6 Å². The summed E-state index contributed by atoms with van der Waals surface area (Å²) < 4.78 is 18.0. The van der Waals surface area contributed by atoms with Crippen molar-refractivity contribution in [1.82, 2.24) is 9.13 Å². The summed E-state index contributed by atoms with van der Waals surface area (Å²) in [5.74, 6) is 0. The predicted molar refractivity (Wildman–Crippen MR) is 241 cm³/mol. The molecule has 270 valence electrons. The molecule has 0 fully saturated rings. The molecular weight excluding hydrogens is 709 g/mol. The first-order chi connectivity index (χ1) is 28.8. The Hall–Kier alpha value is -7.82. The minimum atomic E-state index is 0.875. The Morgan fingerprint density at radius 1 is 0.293 bits per heavy atom. The zero-order valence-corrected chi connectivity index (χ0v) is 31.2. The number of para-hydroxylation sites is 5. The summed E-state index contributed by atoms with van der Waals surface area (Å²) in [5.41, 5.74) is 14.9. The molecular formula is C54H32N2O2. The normalized spacial score (nSPS) is 12.1. The third-order valence-electron chi connectivity index (χ3n) is 12.1. The number of rotatable bonds is 4. The lowest BCUT2D eigenvalue weighted by molar-refractivity contribution is 0.666. The topological polar surface area (TPSA) is 36.1 Å². The molecule has 0 amide bonds. The van der Waals surface area contributed by atoms with Crippen molar-refractivity contribution in [3.63, 3.8) is 0 Å². The predicted octanol–water partition coefficient (Wildman–Crippen LogP) is 15.0. The zero-order chi connectivity index (χ0) is 37.9. The smallest absolute Gasteiger partial charge is 0.159 e. The standard InChI is InChI=1S/C54H32N2O2/c1-2-14-33(15-3-1)35-16-4-8-22-42(35)55-43-23-9-5-18-39(43)52-45(55)30-31-46-53(52)41-32-34(36-20-13-27-50-51(36)40-19-7-11-26-49(40)57-50)28-29-44(41)56(46)47-24-12-21-38-37-17-6-10-25-48(37)58-54(38)47/h1-32H. The van der Waals surface area contributed by atoms with Crippen LogP contribution in [0.5, 0.6) is 0 Å². The Morgan fingerprint density at radius 3 is 1.72 bits per heavy atom. The van der Waals surface area contributed by atoms with E-state index in [4.69, 9.17) is 8.83 Å². The summed E-state index contributed by atoms with van der Waals surface area (Å²) >= 11 is 0. The highest BCUT2D eigenvalue weighted by Gasteiger charge is 2.24. The number of hydrogen-bond donors (Lipinski definition) is 0. The van der Waals surface area contributed by atoms with Gasteiger partial charge in [0.25, 0.3) is 0 Å². The SMILES string of the molecule is c1ccc(-c2ccccc2-n2c3ccccc3c3c4c5cc(-c6cccc7oc8ccccc8c67)ccc5n(-c5cccc6c5oc5ccccc56)c4ccc32)cc1. The molecule has 4 heterocycles. The van der Waals surface area contributed by atoms with Crippen molar-refractivity contribution in [1.29, 1.82) is 0 Å². The van der Waals surface area contributed by atoms with Crippen LogP contribution in [0.3, 0.4) is 0 Å². The summed E-state index contributed by atoms with van der Waals surface area (Å²) in [6.07, 6.45) is 0. The van der Waals surface area contributed by atoms with E-state index in [0.717, 1.165) is 82.9 Å². The van der Waals surface area contributed by atoms with Gasteiger partial charge in [-0.1, -0.05) is 133 Å². The molecule has 58 heavy (non-hydrogen) atoms. The van der Waals surface area contributed by atoms with Gasteiger partial charge in [-0.3, -0.25) is 0 Å². The van der Waals surface area contributed by atoms with E-state index in [2.05, 4.69) is 191 Å². The monoisotopic (exact) mass is 740 g/mol. The van der Waals surface area contributed by atoms with Crippen LogP contribution >= 0.6 is 0 Å². The molecule has 0 N–H and O–H groups in total. The second kappa shape index (κ2) is 11.8. The van der Waals surface area contributed by atoms with Crippen molar-refractivity contribution in [3.05, 3.63) is 194 Å². The highest BCUT2D eigenvalue weighted by molar-refractivity contribution is 6.30. The molecule has 4 aromatic heterocycles. The highest BCUT2D eigenvalue weighted by atomic mass is 16.3. The maximum absolute atomic E-state index is 6.72. The molecule has 4 nitrogen and oxygen atoms in total. The molecule has 0 aliphatic carbocycles. The molecule has 0 aliphatic rings. The van der Waals surface area contributed by atoms with E-state index in [9.17, 15) is 0 Å². The van der Waals surface area contributed by atoms with Crippen LogP contribution in [-0.2, 0) is 0 Å². The van der Waals surface area contributed by atoms with E-state index < -0.39 is 0 Å². The molecule has 13 aromatic rings. The van der Waals surface area contributed by atoms with Gasteiger partial charge in [-0.25, -0.2) is 0 Å². The third-order valence-corrected chi connectivity index (χ3v) is 12.1. The maximum atomic E-state index is 6.72. The number of nitrogens with zero attached hydrogens (tertiary/aromatic N) is 2. The molecule has 0 atom stereocenters. The highest BCUT2D eigenvalue weighted by Crippen LogP contribution is 2.46. The Bertz CT molecular complexity index is 3800. The second-order valence-electron chi connectivity index (χ2n) is 15.2. The molecule has 0 saturated heterocycles. The van der Waals surface area contributed by atoms with Gasteiger partial charge in [0.1, 0.15) is 16.7 Å². The van der Waals surface area contributed by atoms with E-state index in [1.165, 1.54) is 38.2 Å². The lowest BCUT2D eigenvalue weighted by Crippen LogP contribution is -1.97. The Kier molecular flexibility index (Phi) is 6.41. The summed E-state index contributed by atoms with van der Waals surface area (Å²) in [7, 11) is 0. The van der Waals surface area contributed by atoms with Crippen molar-refractivity contribution in [2.75, 3.05) is 0 Å². The Balaban J connectivity index is 1.19. The van der Waals surface area contributed by atoms with Gasteiger partial charge in [-0.05, 0) is 77.4 Å². The van der Waals surface area contributed by atoms with Gasteiger partial charge in [0.05, 0.1) is 33.4 Å². The van der Waals surface area contributed by atoms with E-state index in [1.807, 2.05) is 12.1 Å². The third kappa shape index (κ3) is 4.29. The quantitative estimate of drug-likeness (QED) is 0.180. The average molecular weight is 741 g/mol. The first-order valence-corrected chi connectivity index (χ1v) is 19.8. The van der Waals surface area contributed by atoms with Gasteiger partial charge in [0.15, 0.2) is 5.58 Å². The van der Waals surface area contributed by atoms with Crippen LogP contribution in [0.25, 0.3) is 121 Å². The van der Waals surface area contributed by atoms with Crippen LogP contribution in [0.15, 0.2) is 203 Å². The lowest BCUT2D eigenvalue weighted by Gasteiger charge is -2.14. The maximum Gasteiger partial charge on any atom is 0.159 e. The van der Waals surface area contributed by atoms with Crippen LogP contribution in [0.2, 0.25) is 0 Å². The van der Waals surface area contributed by atoms with Crippen molar-refractivity contribution < 1.29 is 8.83 Å². The van der Waals surface area contributed by atoms with Gasteiger partial charge < -0.3 is 18.0 Å². The van der Waals surface area contributed by atoms with E-state index in [1.54, 1.807) is 0 Å². The second-order valence-corrected chi connectivity index (χ2v) is 15.2. The fourth-order valence-electron chi connectivity index (χ4n) is 9.71. The van der Waals surface area contributed by atoms with Gasteiger partial charge in [-0.15, -0.1) is 0 Å². The first-order valence-electron chi connectivity index (χ1n) is 19.8. The number of hydrogen-bond acceptors (Lipinski definition) is 2. The Morgan fingerprint density at radius 2 is 0.862 bits per heavy atom. The molecule has 4 heteroatoms. The fraction of sp³-hybridized carbons (Fsp3) is 0. The van der Waals surface area contributed by atoms with Crippen LogP contribution in [0.1, 0.15) is 0 Å². The fourth-order valence-corrected chi connectivity index (χ4v) is 9.71. The van der Waals surface area contributed by atoms with E-state index in [0.29, 0.717) is 0 Å². The minimum Gasteiger partial charge on any atom is -0.456 e. The number of fused-ring (bicyclic) bond motifs is 13. The number of furan rings is 2. The molecule has 0 radical (unpaired) electrons. The van der Waals surface area contributed by atoms with Gasteiger partial charge in [0.2, 0.25) is 0 Å². The summed E-state index contributed by atoms with van der Waals surface area (Å²) in [5, 5.41) is 9.29. The van der Waals surface area contributed by atoms with Gasteiger partial charge in [-0.2, -0.15) is 0 Å². The van der Waals surface area contributed by atoms with Gasteiger partial charge >= 0.3 is 0 Å². The van der Waals surface area contributed by atoms with Gasteiger partial charge in [0, 0.05) is 48.7 Å². The van der Waals surface area contributed by atoms with Crippen LogP contribution in [0, 0.1) is 0 Å². The average Bonchev–Trinajstić information content (AvgIpc) is 4.04. The zero-order valence-electron chi connectivity index (χ0n) is 31.2.